The van der Waals surface area contributed by atoms with Crippen molar-refractivity contribution in [2.24, 2.45) is 5.92 Å². The quantitative estimate of drug-likeness (QED) is 0.0957. The molecule has 1 aromatic carbocycles. The van der Waals surface area contributed by atoms with E-state index >= 15 is 0 Å². The number of aryl methyl sites for hydroxylation is 2. The molecule has 56 heavy (non-hydrogen) atoms. The van der Waals surface area contributed by atoms with Crippen molar-refractivity contribution >= 4 is 45.3 Å². The summed E-state index contributed by atoms with van der Waals surface area (Å²) in [6, 6.07) is 13.9. The number of nitrogens with one attached hydrogen (secondary N) is 2. The lowest BCUT2D eigenvalue weighted by Crippen LogP contribution is -2.42. The number of phenols is 1. The number of aromatic amines is 1. The van der Waals surface area contributed by atoms with Crippen molar-refractivity contribution < 1.29 is 29.6 Å². The Morgan fingerprint density at radius 2 is 2.00 bits per heavy atom. The lowest BCUT2D eigenvalue weighted by Gasteiger charge is -2.35. The van der Waals surface area contributed by atoms with Gasteiger partial charge in [0.2, 0.25) is 11.2 Å². The lowest BCUT2D eigenvalue weighted by molar-refractivity contribution is -0.169. The van der Waals surface area contributed by atoms with Crippen LogP contribution in [0.3, 0.4) is 0 Å². The molecule has 5 aromatic rings. The molecule has 0 radical (unpaired) electrons. The molecule has 0 spiro atoms. The van der Waals surface area contributed by atoms with Gasteiger partial charge in [-0.3, -0.25) is 4.79 Å². The highest BCUT2D eigenvalue weighted by Crippen LogP contribution is 2.41. The number of aliphatic hydroxyl groups excluding tert-OH is 1. The third-order valence-corrected chi connectivity index (χ3v) is 13.6. The molecule has 8 rings (SSSR count). The first kappa shape index (κ1) is 38.5. The minimum absolute atomic E-state index is 0.0364. The van der Waals surface area contributed by atoms with E-state index in [0.717, 1.165) is 73.5 Å². The molecule has 5 N–H and O–H groups in total. The van der Waals surface area contributed by atoms with Crippen LogP contribution in [0.15, 0.2) is 64.3 Å². The molecular formula is C41H48N6O7S2. The summed E-state index contributed by atoms with van der Waals surface area (Å²) >= 11 is 2.77. The van der Waals surface area contributed by atoms with E-state index < -0.39 is 17.7 Å². The second kappa shape index (κ2) is 16.2. The third kappa shape index (κ3) is 7.55. The zero-order chi connectivity index (χ0) is 39.0. The fraction of sp³-hybridized carbons (Fsp3) is 0.463. The van der Waals surface area contributed by atoms with Crippen LogP contribution in [0.5, 0.6) is 5.75 Å². The normalized spacial score (nSPS) is 21.1. The molecule has 1 aliphatic heterocycles. The monoisotopic (exact) mass is 800 g/mol. The van der Waals surface area contributed by atoms with E-state index in [4.69, 9.17) is 9.47 Å². The van der Waals surface area contributed by atoms with Crippen molar-refractivity contribution in [1.29, 1.82) is 0 Å². The molecule has 0 saturated heterocycles. The van der Waals surface area contributed by atoms with Gasteiger partial charge < -0.3 is 40.0 Å². The summed E-state index contributed by atoms with van der Waals surface area (Å²) in [6.45, 7) is 5.11. The number of ether oxygens (including phenoxy) is 2. The fourth-order valence-corrected chi connectivity index (χ4v) is 10.4. The molecule has 296 valence electrons. The Balaban J connectivity index is 0.821. The van der Waals surface area contributed by atoms with Crippen LogP contribution in [0.1, 0.15) is 76.2 Å². The molecule has 3 aliphatic rings. The minimum atomic E-state index is -1.79. The van der Waals surface area contributed by atoms with Crippen molar-refractivity contribution in [3.8, 4) is 5.75 Å². The van der Waals surface area contributed by atoms with Gasteiger partial charge in [0, 0.05) is 60.8 Å². The van der Waals surface area contributed by atoms with E-state index in [0.29, 0.717) is 58.5 Å². The summed E-state index contributed by atoms with van der Waals surface area (Å²) in [5.74, 6) is 0.417. The van der Waals surface area contributed by atoms with Gasteiger partial charge in [-0.25, -0.2) is 9.48 Å². The van der Waals surface area contributed by atoms with E-state index in [9.17, 15) is 24.9 Å². The summed E-state index contributed by atoms with van der Waals surface area (Å²) in [7, 11) is 2.16. The summed E-state index contributed by atoms with van der Waals surface area (Å²) in [5, 5.41) is 48.1. The number of carbonyl (C=O) groups excluding carboxylic acids is 1. The maximum Gasteiger partial charge on any atom is 0.349 e. The van der Waals surface area contributed by atoms with Crippen LogP contribution < -0.4 is 10.9 Å². The van der Waals surface area contributed by atoms with E-state index in [1.807, 2.05) is 35.2 Å². The maximum atomic E-state index is 13.6. The Morgan fingerprint density at radius 3 is 2.77 bits per heavy atom. The van der Waals surface area contributed by atoms with Gasteiger partial charge in [-0.2, -0.15) is 0 Å². The summed E-state index contributed by atoms with van der Waals surface area (Å²) < 4.78 is 14.2. The molecule has 15 heteroatoms. The van der Waals surface area contributed by atoms with Gasteiger partial charge in [0.25, 0.3) is 0 Å². The second-order valence-electron chi connectivity index (χ2n) is 15.2. The average molecular weight is 801 g/mol. The summed E-state index contributed by atoms with van der Waals surface area (Å²) in [4.78, 5) is 32.6. The van der Waals surface area contributed by atoms with Crippen LogP contribution in [0.2, 0.25) is 0 Å². The predicted octanol–water partition coefficient (Wildman–Crippen LogP) is 5.00. The van der Waals surface area contributed by atoms with Gasteiger partial charge in [-0.15, -0.1) is 27.8 Å². The average Bonchev–Trinajstić information content (AvgIpc) is 4.03. The molecule has 0 amide bonds. The number of aromatic nitrogens is 4. The number of hydrogen-bond acceptors (Lipinski definition) is 13. The molecule has 5 heterocycles. The number of aromatic hydroxyl groups is 1. The van der Waals surface area contributed by atoms with Gasteiger partial charge >= 0.3 is 5.97 Å². The molecule has 1 saturated carbocycles. The molecule has 4 aromatic heterocycles. The fourth-order valence-electron chi connectivity index (χ4n) is 8.51. The number of nitrogens with zero attached hydrogens (tertiary/aromatic N) is 4. The summed E-state index contributed by atoms with van der Waals surface area (Å²) in [5.41, 5.74) is 1.99. The van der Waals surface area contributed by atoms with Gasteiger partial charge in [0.1, 0.15) is 23.3 Å². The Bertz CT molecular complexity index is 2270. The van der Waals surface area contributed by atoms with Gasteiger partial charge in [0.15, 0.2) is 0 Å². The van der Waals surface area contributed by atoms with Crippen LogP contribution in [-0.2, 0) is 32.8 Å². The van der Waals surface area contributed by atoms with Gasteiger partial charge in [0.05, 0.1) is 33.7 Å². The summed E-state index contributed by atoms with van der Waals surface area (Å²) in [6.07, 6.45) is 4.71. The number of benzene rings is 1. The highest BCUT2D eigenvalue weighted by molar-refractivity contribution is 7.13. The SMILES string of the molecule is Cc1ccc(C(O)(C(=O)O[C@H]2CC[C@H](N(C)CCCn3nnc4c3C3=C(CCO3)C(CNC[C@H](O)c3ccc(O)c5[nH]c(=O)ccc35)C4)CC2)c2cccs2)s1. The van der Waals surface area contributed by atoms with Gasteiger partial charge in [-0.1, -0.05) is 17.3 Å². The van der Waals surface area contributed by atoms with Crippen LogP contribution in [0.25, 0.3) is 16.7 Å². The van der Waals surface area contributed by atoms with Crippen LogP contribution in [0, 0.1) is 12.8 Å². The highest BCUT2D eigenvalue weighted by atomic mass is 32.1. The number of esters is 1. The Kier molecular flexibility index (Phi) is 11.2. The number of carbonyl (C=O) groups is 1. The minimum Gasteiger partial charge on any atom is -0.506 e. The predicted molar refractivity (Wildman–Crippen MR) is 215 cm³/mol. The van der Waals surface area contributed by atoms with Crippen molar-refractivity contribution in [3.05, 3.63) is 101 Å². The molecule has 0 bridgehead atoms. The zero-order valence-corrected chi connectivity index (χ0v) is 33.2. The van der Waals surface area contributed by atoms with E-state index in [1.165, 1.54) is 40.4 Å². The maximum absolute atomic E-state index is 13.6. The number of rotatable bonds is 14. The van der Waals surface area contributed by atoms with Crippen LogP contribution in [-0.4, -0.2) is 91.6 Å². The van der Waals surface area contributed by atoms with E-state index in [1.54, 1.807) is 18.2 Å². The molecule has 2 unspecified atom stereocenters. The van der Waals surface area contributed by atoms with Crippen molar-refractivity contribution in [2.75, 3.05) is 33.3 Å². The molecular weight excluding hydrogens is 753 g/mol. The number of H-pyrrole nitrogens is 1. The first-order valence-corrected chi connectivity index (χ1v) is 21.1. The Labute approximate surface area is 332 Å². The topological polar surface area (TPSA) is 175 Å². The van der Waals surface area contributed by atoms with Crippen molar-refractivity contribution in [1.82, 2.24) is 30.2 Å². The molecule has 1 fully saturated rings. The largest absolute Gasteiger partial charge is 0.506 e. The first-order valence-electron chi connectivity index (χ1n) is 19.4. The van der Waals surface area contributed by atoms with E-state index in [2.05, 4.69) is 32.6 Å². The van der Waals surface area contributed by atoms with Crippen molar-refractivity contribution in [3.63, 3.8) is 0 Å². The molecule has 2 aliphatic carbocycles. The molecule has 3 atom stereocenters. The number of fused-ring (bicyclic) bond motifs is 3. The zero-order valence-electron chi connectivity index (χ0n) is 31.6. The standard InChI is InChI=1S/C41H48N6O7S2/c1-24-6-14-35(56-24)41(52,34-5-3-20-55-34)40(51)54-27-9-7-26(8-10-27)46(2)17-4-18-47-38-31(44-45-47)21-25(28-16-19-53-39(28)38)22-42-23-33(49)29-11-13-32(48)37-30(29)12-15-36(50)43-37/h3,5-6,11-15,20,25-27,33,42,48-49,52H,4,7-10,16-19,21-23H2,1-2H3,(H,43,50)/t25?,26-,27-,33-,41?/m0/s1. The number of thiophene rings is 2. The van der Waals surface area contributed by atoms with Crippen molar-refractivity contribution in [2.45, 2.75) is 82.3 Å². The Morgan fingerprint density at radius 1 is 1.16 bits per heavy atom. The third-order valence-electron chi connectivity index (χ3n) is 11.5. The van der Waals surface area contributed by atoms with Crippen LogP contribution >= 0.6 is 22.7 Å². The number of hydrogen-bond donors (Lipinski definition) is 5. The Hall–Kier alpha value is -4.38. The second-order valence-corrected chi connectivity index (χ2v) is 17.4. The molecule has 13 nitrogen and oxygen atoms in total. The lowest BCUT2D eigenvalue weighted by atomic mass is 9.86. The van der Waals surface area contributed by atoms with Gasteiger partial charge in [-0.05, 0) is 99.5 Å². The number of phenolic OH excluding ortho intramolecular Hbond substituents is 1. The number of aliphatic hydroxyl groups is 2. The van der Waals surface area contributed by atoms with Crippen LogP contribution in [0.4, 0.5) is 0 Å². The van der Waals surface area contributed by atoms with E-state index in [-0.39, 0.29) is 23.3 Å². The number of pyridine rings is 1. The smallest absolute Gasteiger partial charge is 0.349 e. The highest BCUT2D eigenvalue weighted by Gasteiger charge is 2.45. The first-order chi connectivity index (χ1) is 27.1.